The molecule has 1 aromatic carbocycles. The number of anilines is 1. The summed E-state index contributed by atoms with van der Waals surface area (Å²) in [5, 5.41) is 4.05. The molecule has 0 aliphatic rings. The summed E-state index contributed by atoms with van der Waals surface area (Å²) in [5.74, 6) is 0.220. The molecule has 0 saturated heterocycles. The van der Waals surface area contributed by atoms with E-state index in [4.69, 9.17) is 15.2 Å². The van der Waals surface area contributed by atoms with E-state index in [0.717, 1.165) is 6.42 Å². The van der Waals surface area contributed by atoms with Crippen molar-refractivity contribution in [1.29, 1.82) is 0 Å². The van der Waals surface area contributed by atoms with Crippen LogP contribution in [-0.4, -0.2) is 19.2 Å². The van der Waals surface area contributed by atoms with Crippen LogP contribution in [0, 0.1) is 0 Å². The summed E-state index contributed by atoms with van der Waals surface area (Å²) in [6, 6.07) is 6.95. The summed E-state index contributed by atoms with van der Waals surface area (Å²) >= 11 is 1.63. The molecule has 20 heavy (non-hydrogen) atoms. The minimum absolute atomic E-state index is 0.364. The van der Waals surface area contributed by atoms with Crippen molar-refractivity contribution in [3.63, 3.8) is 0 Å². The zero-order valence-electron chi connectivity index (χ0n) is 11.3. The lowest BCUT2D eigenvalue weighted by Crippen LogP contribution is -2.09. The van der Waals surface area contributed by atoms with Gasteiger partial charge in [0, 0.05) is 6.42 Å². The molecule has 2 rings (SSSR count). The second-order valence-electron chi connectivity index (χ2n) is 4.20. The highest BCUT2D eigenvalue weighted by Gasteiger charge is 2.10. The molecule has 0 radical (unpaired) electrons. The predicted molar refractivity (Wildman–Crippen MR) is 80.3 cm³/mol. The summed E-state index contributed by atoms with van der Waals surface area (Å²) in [7, 11) is 0. The van der Waals surface area contributed by atoms with Crippen LogP contribution in [0.3, 0.4) is 0 Å². The highest BCUT2D eigenvalue weighted by atomic mass is 32.1. The molecule has 4 nitrogen and oxygen atoms in total. The van der Waals surface area contributed by atoms with Crippen molar-refractivity contribution < 1.29 is 14.3 Å². The lowest BCUT2D eigenvalue weighted by atomic mass is 10.2. The van der Waals surface area contributed by atoms with Crippen molar-refractivity contribution in [2.24, 2.45) is 0 Å². The first-order valence-electron chi connectivity index (χ1n) is 6.41. The third kappa shape index (κ3) is 3.74. The van der Waals surface area contributed by atoms with E-state index >= 15 is 0 Å². The highest BCUT2D eigenvalue weighted by Crippen LogP contribution is 2.22. The number of nitrogen functional groups attached to an aromatic ring is 1. The zero-order chi connectivity index (χ0) is 14.4. The van der Waals surface area contributed by atoms with Gasteiger partial charge in [-0.1, -0.05) is 0 Å². The molecule has 0 aliphatic carbocycles. The molecule has 0 atom stereocenters. The van der Waals surface area contributed by atoms with Gasteiger partial charge in [-0.15, -0.1) is 0 Å². The number of thiophene rings is 1. The van der Waals surface area contributed by atoms with E-state index < -0.39 is 0 Å². The molecule has 1 aromatic heterocycles. The van der Waals surface area contributed by atoms with Gasteiger partial charge < -0.3 is 15.2 Å². The third-order valence-electron chi connectivity index (χ3n) is 2.75. The van der Waals surface area contributed by atoms with Crippen LogP contribution < -0.4 is 10.5 Å². The Morgan fingerprint density at radius 1 is 1.35 bits per heavy atom. The average Bonchev–Trinajstić information content (AvgIpc) is 2.94. The van der Waals surface area contributed by atoms with Crippen LogP contribution in [0.5, 0.6) is 5.75 Å². The molecule has 0 amide bonds. The second kappa shape index (κ2) is 6.96. The van der Waals surface area contributed by atoms with Gasteiger partial charge in [-0.25, -0.2) is 4.79 Å². The SMILES string of the molecule is CCOc1ccc(C(=O)OCCc2ccsc2)cc1N. The Morgan fingerprint density at radius 2 is 2.20 bits per heavy atom. The third-order valence-corrected chi connectivity index (χ3v) is 3.48. The number of benzene rings is 1. The Balaban J connectivity index is 1.90. The van der Waals surface area contributed by atoms with Crippen LogP contribution in [0.2, 0.25) is 0 Å². The fourth-order valence-corrected chi connectivity index (χ4v) is 2.45. The predicted octanol–water partition coefficient (Wildman–Crippen LogP) is 3.13. The number of hydrogen-bond donors (Lipinski definition) is 1. The minimum atomic E-state index is -0.366. The second-order valence-corrected chi connectivity index (χ2v) is 4.98. The van der Waals surface area contributed by atoms with E-state index in [1.807, 2.05) is 23.8 Å². The minimum Gasteiger partial charge on any atom is -0.492 e. The van der Waals surface area contributed by atoms with Gasteiger partial charge in [-0.05, 0) is 47.5 Å². The van der Waals surface area contributed by atoms with Gasteiger partial charge in [0.25, 0.3) is 0 Å². The van der Waals surface area contributed by atoms with Crippen molar-refractivity contribution in [3.05, 3.63) is 46.2 Å². The van der Waals surface area contributed by atoms with E-state index in [0.29, 0.717) is 30.2 Å². The van der Waals surface area contributed by atoms with Gasteiger partial charge in [-0.2, -0.15) is 11.3 Å². The normalized spacial score (nSPS) is 10.2. The first kappa shape index (κ1) is 14.4. The molecular formula is C15H17NO3S. The van der Waals surface area contributed by atoms with Gasteiger partial charge >= 0.3 is 5.97 Å². The Hall–Kier alpha value is -2.01. The molecule has 2 N–H and O–H groups in total. The molecule has 2 aromatic rings. The van der Waals surface area contributed by atoms with Gasteiger partial charge in [0.05, 0.1) is 24.5 Å². The standard InChI is InChI=1S/C15H17NO3S/c1-2-18-14-4-3-12(9-13(14)16)15(17)19-7-5-11-6-8-20-10-11/h3-4,6,8-10H,2,5,7,16H2,1H3. The number of rotatable bonds is 6. The molecule has 0 saturated carbocycles. The number of ether oxygens (including phenoxy) is 2. The summed E-state index contributed by atoms with van der Waals surface area (Å²) in [4.78, 5) is 11.9. The van der Waals surface area contributed by atoms with E-state index in [1.54, 1.807) is 29.5 Å². The van der Waals surface area contributed by atoms with Crippen molar-refractivity contribution in [3.8, 4) is 5.75 Å². The topological polar surface area (TPSA) is 61.5 Å². The maximum Gasteiger partial charge on any atom is 0.338 e. The van der Waals surface area contributed by atoms with Crippen molar-refractivity contribution in [2.45, 2.75) is 13.3 Å². The van der Waals surface area contributed by atoms with E-state index in [1.165, 1.54) is 5.56 Å². The van der Waals surface area contributed by atoms with E-state index in [9.17, 15) is 4.79 Å². The molecular weight excluding hydrogens is 274 g/mol. The molecule has 5 heteroatoms. The summed E-state index contributed by atoms with van der Waals surface area (Å²) in [6.07, 6.45) is 0.724. The van der Waals surface area contributed by atoms with Crippen LogP contribution in [0.15, 0.2) is 35.0 Å². The molecule has 1 heterocycles. The maximum atomic E-state index is 11.9. The van der Waals surface area contributed by atoms with Crippen LogP contribution >= 0.6 is 11.3 Å². The van der Waals surface area contributed by atoms with Crippen molar-refractivity contribution >= 4 is 23.0 Å². The molecule has 0 unspecified atom stereocenters. The fourth-order valence-electron chi connectivity index (χ4n) is 1.74. The van der Waals surface area contributed by atoms with Gasteiger partial charge in [0.2, 0.25) is 0 Å². The number of carbonyl (C=O) groups is 1. The molecule has 0 fully saturated rings. The fraction of sp³-hybridized carbons (Fsp3) is 0.267. The van der Waals surface area contributed by atoms with Gasteiger partial charge in [0.15, 0.2) is 0 Å². The lowest BCUT2D eigenvalue weighted by Gasteiger charge is -2.09. The smallest absolute Gasteiger partial charge is 0.338 e. The quantitative estimate of drug-likeness (QED) is 0.656. The van der Waals surface area contributed by atoms with Crippen LogP contribution in [0.1, 0.15) is 22.8 Å². The Kier molecular flexibility index (Phi) is 5.01. The average molecular weight is 291 g/mol. The monoisotopic (exact) mass is 291 g/mol. The van der Waals surface area contributed by atoms with Crippen LogP contribution in [0.4, 0.5) is 5.69 Å². The zero-order valence-corrected chi connectivity index (χ0v) is 12.1. The molecule has 106 valence electrons. The summed E-state index contributed by atoms with van der Waals surface area (Å²) < 4.78 is 10.6. The number of carbonyl (C=O) groups excluding carboxylic acids is 1. The largest absolute Gasteiger partial charge is 0.492 e. The molecule has 0 bridgehead atoms. The van der Waals surface area contributed by atoms with Crippen LogP contribution in [0.25, 0.3) is 0 Å². The van der Waals surface area contributed by atoms with Crippen molar-refractivity contribution in [2.75, 3.05) is 18.9 Å². The Labute approximate surface area is 122 Å². The van der Waals surface area contributed by atoms with Gasteiger partial charge in [-0.3, -0.25) is 0 Å². The Bertz CT molecular complexity index is 567. The van der Waals surface area contributed by atoms with Gasteiger partial charge in [0.1, 0.15) is 5.75 Å². The van der Waals surface area contributed by atoms with E-state index in [-0.39, 0.29) is 5.97 Å². The number of esters is 1. The first-order valence-corrected chi connectivity index (χ1v) is 7.35. The van der Waals surface area contributed by atoms with Crippen molar-refractivity contribution in [1.82, 2.24) is 0 Å². The highest BCUT2D eigenvalue weighted by molar-refractivity contribution is 7.07. The summed E-state index contributed by atoms with van der Waals surface area (Å²) in [6.45, 7) is 2.78. The van der Waals surface area contributed by atoms with Crippen LogP contribution in [-0.2, 0) is 11.2 Å². The number of nitrogens with two attached hydrogens (primary N) is 1. The molecule has 0 spiro atoms. The molecule has 0 aliphatic heterocycles. The summed E-state index contributed by atoms with van der Waals surface area (Å²) in [5.41, 5.74) is 7.88. The lowest BCUT2D eigenvalue weighted by molar-refractivity contribution is 0.0509. The maximum absolute atomic E-state index is 11.9. The van der Waals surface area contributed by atoms with E-state index in [2.05, 4.69) is 0 Å². The number of hydrogen-bond acceptors (Lipinski definition) is 5. The first-order chi connectivity index (χ1) is 9.70. The Morgan fingerprint density at radius 3 is 2.85 bits per heavy atom.